The topological polar surface area (TPSA) is 46.5 Å². The molecule has 19 heavy (non-hydrogen) atoms. The van der Waals surface area contributed by atoms with E-state index in [1.54, 1.807) is 12.1 Å². The van der Waals surface area contributed by atoms with Crippen molar-refractivity contribution < 1.29 is 14.6 Å². The van der Waals surface area contributed by atoms with Gasteiger partial charge in [-0.25, -0.2) is 0 Å². The van der Waals surface area contributed by atoms with Gasteiger partial charge >= 0.3 is 5.97 Å². The van der Waals surface area contributed by atoms with Gasteiger partial charge in [-0.3, -0.25) is 4.79 Å². The molecule has 3 heteroatoms. The first-order valence-electron chi connectivity index (χ1n) is 7.13. The SMILES string of the molecule is CCOC(=O)C[C@H]1CC[C@H](c2ccc(O)cc2)CC1. The molecule has 0 radical (unpaired) electrons. The number of hydrogen-bond donors (Lipinski definition) is 1. The number of rotatable bonds is 4. The molecule has 0 unspecified atom stereocenters. The lowest BCUT2D eigenvalue weighted by Crippen LogP contribution is -2.17. The fourth-order valence-electron chi connectivity index (χ4n) is 2.90. The van der Waals surface area contributed by atoms with Crippen molar-refractivity contribution in [1.29, 1.82) is 0 Å². The first kappa shape index (κ1) is 13.9. The molecular formula is C16H22O3. The molecule has 1 fully saturated rings. The highest BCUT2D eigenvalue weighted by Crippen LogP contribution is 2.37. The van der Waals surface area contributed by atoms with E-state index in [0.717, 1.165) is 25.7 Å². The van der Waals surface area contributed by atoms with Crippen LogP contribution >= 0.6 is 0 Å². The molecule has 1 aliphatic carbocycles. The number of phenolic OH excluding ortho intramolecular Hbond substituents is 1. The van der Waals surface area contributed by atoms with E-state index in [0.29, 0.717) is 30.6 Å². The third kappa shape index (κ3) is 3.98. The Labute approximate surface area is 114 Å². The molecule has 1 aromatic rings. The zero-order valence-corrected chi connectivity index (χ0v) is 11.5. The van der Waals surface area contributed by atoms with Gasteiger partial charge in [0.1, 0.15) is 5.75 Å². The maximum absolute atomic E-state index is 11.5. The Hall–Kier alpha value is -1.51. The van der Waals surface area contributed by atoms with Gasteiger partial charge in [-0.15, -0.1) is 0 Å². The fraction of sp³-hybridized carbons (Fsp3) is 0.562. The van der Waals surface area contributed by atoms with Gasteiger partial charge in [0, 0.05) is 6.42 Å². The number of phenols is 1. The maximum atomic E-state index is 11.5. The lowest BCUT2D eigenvalue weighted by atomic mass is 9.77. The molecule has 0 heterocycles. The second kappa shape index (κ2) is 6.60. The van der Waals surface area contributed by atoms with Crippen molar-refractivity contribution in [2.45, 2.75) is 44.9 Å². The van der Waals surface area contributed by atoms with Crippen LogP contribution in [0.4, 0.5) is 0 Å². The average molecular weight is 262 g/mol. The minimum atomic E-state index is -0.0596. The summed E-state index contributed by atoms with van der Waals surface area (Å²) < 4.78 is 5.00. The van der Waals surface area contributed by atoms with Crippen LogP contribution in [0.2, 0.25) is 0 Å². The molecule has 1 aromatic carbocycles. The molecule has 0 aromatic heterocycles. The lowest BCUT2D eigenvalue weighted by molar-refractivity contribution is -0.144. The monoisotopic (exact) mass is 262 g/mol. The molecule has 1 N–H and O–H groups in total. The number of aromatic hydroxyl groups is 1. The molecule has 0 aliphatic heterocycles. The van der Waals surface area contributed by atoms with Crippen LogP contribution in [0.15, 0.2) is 24.3 Å². The van der Waals surface area contributed by atoms with Gasteiger partial charge in [0.2, 0.25) is 0 Å². The number of esters is 1. The van der Waals surface area contributed by atoms with Gasteiger partial charge in [0.05, 0.1) is 6.61 Å². The van der Waals surface area contributed by atoms with Gasteiger partial charge in [0.25, 0.3) is 0 Å². The predicted molar refractivity (Wildman–Crippen MR) is 74.1 cm³/mol. The van der Waals surface area contributed by atoms with Crippen molar-refractivity contribution in [3.05, 3.63) is 29.8 Å². The summed E-state index contributed by atoms with van der Waals surface area (Å²) in [6.45, 7) is 2.32. The summed E-state index contributed by atoms with van der Waals surface area (Å²) in [5.74, 6) is 1.31. The largest absolute Gasteiger partial charge is 0.508 e. The summed E-state index contributed by atoms with van der Waals surface area (Å²) in [6.07, 6.45) is 4.98. The highest BCUT2D eigenvalue weighted by atomic mass is 16.5. The lowest BCUT2D eigenvalue weighted by Gasteiger charge is -2.28. The summed E-state index contributed by atoms with van der Waals surface area (Å²) >= 11 is 0. The van der Waals surface area contributed by atoms with Crippen LogP contribution in [0.3, 0.4) is 0 Å². The molecule has 0 spiro atoms. The molecule has 0 atom stereocenters. The quantitative estimate of drug-likeness (QED) is 0.843. The molecule has 2 rings (SSSR count). The summed E-state index contributed by atoms with van der Waals surface area (Å²) in [5, 5.41) is 9.30. The van der Waals surface area contributed by atoms with Crippen LogP contribution in [0, 0.1) is 5.92 Å². The summed E-state index contributed by atoms with van der Waals surface area (Å²) in [7, 11) is 0. The third-order valence-electron chi connectivity index (χ3n) is 3.97. The summed E-state index contributed by atoms with van der Waals surface area (Å²) in [4.78, 5) is 11.5. The average Bonchev–Trinajstić information content (AvgIpc) is 2.41. The van der Waals surface area contributed by atoms with Crippen molar-refractivity contribution in [2.24, 2.45) is 5.92 Å². The van der Waals surface area contributed by atoms with Gasteiger partial charge in [-0.05, 0) is 62.1 Å². The Morgan fingerprint density at radius 1 is 1.21 bits per heavy atom. The van der Waals surface area contributed by atoms with Crippen LogP contribution in [0.1, 0.15) is 50.5 Å². The molecule has 1 saturated carbocycles. The fourth-order valence-corrected chi connectivity index (χ4v) is 2.90. The molecule has 0 bridgehead atoms. The maximum Gasteiger partial charge on any atom is 0.306 e. The summed E-state index contributed by atoms with van der Waals surface area (Å²) in [6, 6.07) is 7.51. The third-order valence-corrected chi connectivity index (χ3v) is 3.97. The van der Waals surface area contributed by atoms with Crippen molar-refractivity contribution in [1.82, 2.24) is 0 Å². The first-order chi connectivity index (χ1) is 9.19. The van der Waals surface area contributed by atoms with Gasteiger partial charge in [0.15, 0.2) is 0 Å². The number of carbonyl (C=O) groups is 1. The summed E-state index contributed by atoms with van der Waals surface area (Å²) in [5.41, 5.74) is 1.30. The van der Waals surface area contributed by atoms with E-state index >= 15 is 0 Å². The Kier molecular flexibility index (Phi) is 4.83. The van der Waals surface area contributed by atoms with Crippen LogP contribution < -0.4 is 0 Å². The zero-order valence-electron chi connectivity index (χ0n) is 11.5. The van der Waals surface area contributed by atoms with Crippen molar-refractivity contribution in [3.8, 4) is 5.75 Å². The van der Waals surface area contributed by atoms with E-state index in [9.17, 15) is 9.90 Å². The van der Waals surface area contributed by atoms with Gasteiger partial charge in [-0.1, -0.05) is 12.1 Å². The highest BCUT2D eigenvalue weighted by Gasteiger charge is 2.24. The van der Waals surface area contributed by atoms with E-state index in [-0.39, 0.29) is 5.97 Å². The number of benzene rings is 1. The Morgan fingerprint density at radius 3 is 2.42 bits per heavy atom. The second-order valence-corrected chi connectivity index (χ2v) is 5.32. The molecule has 1 aliphatic rings. The first-order valence-corrected chi connectivity index (χ1v) is 7.13. The van der Waals surface area contributed by atoms with Crippen molar-refractivity contribution in [2.75, 3.05) is 6.61 Å². The minimum absolute atomic E-state index is 0.0596. The highest BCUT2D eigenvalue weighted by molar-refractivity contribution is 5.69. The Bertz CT molecular complexity index is 403. The normalized spacial score (nSPS) is 23.0. The van der Waals surface area contributed by atoms with Crippen LogP contribution in [-0.2, 0) is 9.53 Å². The van der Waals surface area contributed by atoms with E-state index < -0.39 is 0 Å². The number of hydrogen-bond acceptors (Lipinski definition) is 3. The molecule has 3 nitrogen and oxygen atoms in total. The van der Waals surface area contributed by atoms with E-state index in [1.807, 2.05) is 19.1 Å². The van der Waals surface area contributed by atoms with Crippen LogP contribution in [0.5, 0.6) is 5.75 Å². The zero-order chi connectivity index (χ0) is 13.7. The van der Waals surface area contributed by atoms with Crippen LogP contribution in [0.25, 0.3) is 0 Å². The minimum Gasteiger partial charge on any atom is -0.508 e. The molecular weight excluding hydrogens is 240 g/mol. The number of carbonyl (C=O) groups excluding carboxylic acids is 1. The second-order valence-electron chi connectivity index (χ2n) is 5.32. The van der Waals surface area contributed by atoms with E-state index in [1.165, 1.54) is 5.56 Å². The molecule has 104 valence electrons. The molecule has 0 amide bonds. The van der Waals surface area contributed by atoms with Gasteiger partial charge < -0.3 is 9.84 Å². The standard InChI is InChI=1S/C16H22O3/c1-2-19-16(18)11-12-3-5-13(6-4-12)14-7-9-15(17)10-8-14/h7-10,12-13,17H,2-6,11H2,1H3/t12-,13-. The van der Waals surface area contributed by atoms with Crippen LogP contribution in [-0.4, -0.2) is 17.7 Å². The van der Waals surface area contributed by atoms with Crippen molar-refractivity contribution in [3.63, 3.8) is 0 Å². The molecule has 0 saturated heterocycles. The van der Waals surface area contributed by atoms with E-state index in [4.69, 9.17) is 4.74 Å². The smallest absolute Gasteiger partial charge is 0.306 e. The Morgan fingerprint density at radius 2 is 1.84 bits per heavy atom. The number of ether oxygens (including phenoxy) is 1. The van der Waals surface area contributed by atoms with Crippen molar-refractivity contribution >= 4 is 5.97 Å². The van der Waals surface area contributed by atoms with Gasteiger partial charge in [-0.2, -0.15) is 0 Å². The predicted octanol–water partition coefficient (Wildman–Crippen LogP) is 3.62. The van der Waals surface area contributed by atoms with E-state index in [2.05, 4.69) is 0 Å². The Balaban J connectivity index is 1.82.